The van der Waals surface area contributed by atoms with Gasteiger partial charge in [0.25, 0.3) is 0 Å². The van der Waals surface area contributed by atoms with Gasteiger partial charge in [-0.2, -0.15) is 0 Å². The summed E-state index contributed by atoms with van der Waals surface area (Å²) in [5.74, 6) is 0.329. The van der Waals surface area contributed by atoms with Crippen LogP contribution in [-0.4, -0.2) is 5.11 Å². The largest absolute Gasteiger partial charge is 0.508 e. The van der Waals surface area contributed by atoms with Gasteiger partial charge in [-0.1, -0.05) is 58.2 Å². The highest BCUT2D eigenvalue weighted by atomic mass is 16.3. The van der Waals surface area contributed by atoms with E-state index in [4.69, 9.17) is 5.11 Å². The van der Waals surface area contributed by atoms with Gasteiger partial charge in [0.2, 0.25) is 0 Å². The molecule has 1 nitrogen and oxygen atoms in total. The zero-order chi connectivity index (χ0) is 11.9. The van der Waals surface area contributed by atoms with E-state index in [1.165, 1.54) is 18.4 Å². The lowest BCUT2D eigenvalue weighted by molar-refractivity contribution is 0.338. The summed E-state index contributed by atoms with van der Waals surface area (Å²) >= 11 is 0. The topological polar surface area (TPSA) is 20.2 Å². The van der Waals surface area contributed by atoms with Crippen molar-refractivity contribution in [3.63, 3.8) is 0 Å². The summed E-state index contributed by atoms with van der Waals surface area (Å²) < 4.78 is 0. The number of phenols is 1. The third-order valence-electron chi connectivity index (χ3n) is 2.95. The molecular weight excluding hydrogens is 184 g/mol. The van der Waals surface area contributed by atoms with Gasteiger partial charge >= 0.3 is 0 Å². The molecule has 0 aliphatic carbocycles. The normalized spacial score (nSPS) is 10.5. The second-order valence-electron chi connectivity index (χ2n) is 4.71. The van der Waals surface area contributed by atoms with Gasteiger partial charge in [0.1, 0.15) is 5.75 Å². The zero-order valence-corrected chi connectivity index (χ0v) is 10.7. The van der Waals surface area contributed by atoms with Gasteiger partial charge in [-0.3, -0.25) is 0 Å². The van der Waals surface area contributed by atoms with Crippen molar-refractivity contribution >= 4 is 0 Å². The molecule has 0 saturated heterocycles. The molecular formula is C14H24O. The molecule has 0 unspecified atom stereocenters. The second-order valence-corrected chi connectivity index (χ2v) is 4.71. The average molecular weight is 208 g/mol. The molecule has 1 aromatic rings. The Bertz CT molecular complexity index is 232. The first kappa shape index (κ1) is 14.0. The van der Waals surface area contributed by atoms with Gasteiger partial charge in [0.05, 0.1) is 0 Å². The highest BCUT2D eigenvalue weighted by molar-refractivity contribution is 5.24. The molecule has 0 heterocycles. The lowest BCUT2D eigenvalue weighted by Crippen LogP contribution is -2.05. The van der Waals surface area contributed by atoms with Crippen molar-refractivity contribution in [2.45, 2.75) is 47.5 Å². The number of hydrogen-bond donors (Lipinski definition) is 1. The van der Waals surface area contributed by atoms with E-state index in [2.05, 4.69) is 27.7 Å². The van der Waals surface area contributed by atoms with Crippen LogP contribution < -0.4 is 0 Å². The fourth-order valence-electron chi connectivity index (χ4n) is 0.795. The van der Waals surface area contributed by atoms with Gasteiger partial charge in [0, 0.05) is 0 Å². The molecule has 15 heavy (non-hydrogen) atoms. The molecule has 0 atom stereocenters. The van der Waals surface area contributed by atoms with Crippen LogP contribution in [0.4, 0.5) is 0 Å². The molecule has 0 amide bonds. The molecule has 0 spiro atoms. The van der Waals surface area contributed by atoms with E-state index in [0.29, 0.717) is 11.2 Å². The smallest absolute Gasteiger partial charge is 0.115 e. The maximum absolute atomic E-state index is 8.76. The van der Waals surface area contributed by atoms with Gasteiger partial charge in [-0.05, 0) is 24.5 Å². The summed E-state index contributed by atoms with van der Waals surface area (Å²) in [7, 11) is 0. The molecule has 0 aliphatic rings. The van der Waals surface area contributed by atoms with Crippen LogP contribution in [0.1, 0.15) is 46.1 Å². The molecule has 0 aromatic heterocycles. The molecule has 0 saturated carbocycles. The number of rotatable bonds is 2. The summed E-state index contributed by atoms with van der Waals surface area (Å²) in [4.78, 5) is 0. The van der Waals surface area contributed by atoms with E-state index in [1.54, 1.807) is 12.1 Å². The number of hydrogen-bond acceptors (Lipinski definition) is 1. The van der Waals surface area contributed by atoms with Crippen molar-refractivity contribution in [2.24, 2.45) is 5.41 Å². The van der Waals surface area contributed by atoms with Crippen molar-refractivity contribution in [3.8, 4) is 5.75 Å². The molecule has 0 fully saturated rings. The minimum atomic E-state index is 0.329. The Morgan fingerprint density at radius 1 is 1.00 bits per heavy atom. The monoisotopic (exact) mass is 208 g/mol. The number of phenolic OH excluding ortho intramolecular Hbond substituents is 1. The van der Waals surface area contributed by atoms with Gasteiger partial charge in [-0.15, -0.1) is 0 Å². The molecule has 1 N–H and O–H groups in total. The minimum absolute atomic E-state index is 0.329. The van der Waals surface area contributed by atoms with Gasteiger partial charge < -0.3 is 5.11 Å². The molecule has 0 bridgehead atoms. The molecule has 86 valence electrons. The third kappa shape index (κ3) is 7.01. The maximum Gasteiger partial charge on any atom is 0.115 e. The minimum Gasteiger partial charge on any atom is -0.508 e. The van der Waals surface area contributed by atoms with Crippen LogP contribution in [0.5, 0.6) is 5.75 Å². The number of aromatic hydroxyl groups is 1. The van der Waals surface area contributed by atoms with Crippen LogP contribution in [0.3, 0.4) is 0 Å². The lowest BCUT2D eigenvalue weighted by Gasteiger charge is -2.18. The first-order chi connectivity index (χ1) is 6.91. The number of benzene rings is 1. The quantitative estimate of drug-likeness (QED) is 0.757. The van der Waals surface area contributed by atoms with E-state index in [-0.39, 0.29) is 0 Å². The highest BCUT2D eigenvalue weighted by Crippen LogP contribution is 2.22. The summed E-state index contributed by atoms with van der Waals surface area (Å²) in [5, 5.41) is 8.76. The molecule has 1 aromatic carbocycles. The van der Waals surface area contributed by atoms with E-state index in [9.17, 15) is 0 Å². The predicted octanol–water partition coefficient (Wildman–Crippen LogP) is 4.53. The van der Waals surface area contributed by atoms with E-state index < -0.39 is 0 Å². The molecule has 1 heteroatoms. The highest BCUT2D eigenvalue weighted by Gasteiger charge is 2.09. The van der Waals surface area contributed by atoms with Crippen molar-refractivity contribution in [1.82, 2.24) is 0 Å². The predicted molar refractivity (Wildman–Crippen MR) is 67.2 cm³/mol. The Hall–Kier alpha value is -0.980. The Kier molecular flexibility index (Phi) is 6.07. The first-order valence-electron chi connectivity index (χ1n) is 5.67. The maximum atomic E-state index is 8.76. The van der Waals surface area contributed by atoms with E-state index in [1.807, 2.05) is 19.1 Å². The number of aryl methyl sites for hydroxylation is 1. The van der Waals surface area contributed by atoms with Gasteiger partial charge in [-0.25, -0.2) is 0 Å². The van der Waals surface area contributed by atoms with Crippen LogP contribution in [0.2, 0.25) is 0 Å². The van der Waals surface area contributed by atoms with Crippen LogP contribution in [0.15, 0.2) is 24.3 Å². The SMILES string of the molecule is CCC(C)(C)CC.Cc1ccc(O)cc1. The standard InChI is InChI=1S/C7H8O.C7H16/c1-6-2-4-7(8)5-3-6;1-5-7(3,4)6-2/h2-5,8H,1H3;5-6H2,1-4H3. The first-order valence-corrected chi connectivity index (χ1v) is 5.67. The molecule has 0 aliphatic heterocycles. The van der Waals surface area contributed by atoms with Crippen LogP contribution in [0, 0.1) is 12.3 Å². The molecule has 1 rings (SSSR count). The van der Waals surface area contributed by atoms with Crippen molar-refractivity contribution in [1.29, 1.82) is 0 Å². The Balaban J connectivity index is 0.000000265. The van der Waals surface area contributed by atoms with Crippen LogP contribution >= 0.6 is 0 Å². The fourth-order valence-corrected chi connectivity index (χ4v) is 0.795. The summed E-state index contributed by atoms with van der Waals surface area (Å²) in [5.41, 5.74) is 1.75. The van der Waals surface area contributed by atoms with Crippen molar-refractivity contribution in [2.75, 3.05) is 0 Å². The van der Waals surface area contributed by atoms with Crippen molar-refractivity contribution < 1.29 is 5.11 Å². The van der Waals surface area contributed by atoms with Crippen LogP contribution in [0.25, 0.3) is 0 Å². The Morgan fingerprint density at radius 3 is 1.60 bits per heavy atom. The summed E-state index contributed by atoms with van der Waals surface area (Å²) in [6.07, 6.45) is 2.59. The van der Waals surface area contributed by atoms with Crippen molar-refractivity contribution in [3.05, 3.63) is 29.8 Å². The van der Waals surface area contributed by atoms with E-state index >= 15 is 0 Å². The van der Waals surface area contributed by atoms with Crippen LogP contribution in [-0.2, 0) is 0 Å². The lowest BCUT2D eigenvalue weighted by atomic mass is 9.88. The average Bonchev–Trinajstić information content (AvgIpc) is 2.23. The summed E-state index contributed by atoms with van der Waals surface area (Å²) in [6.45, 7) is 11.1. The summed E-state index contributed by atoms with van der Waals surface area (Å²) in [6, 6.07) is 7.09. The third-order valence-corrected chi connectivity index (χ3v) is 2.95. The molecule has 0 radical (unpaired) electrons. The van der Waals surface area contributed by atoms with Gasteiger partial charge in [0.15, 0.2) is 0 Å². The second kappa shape index (κ2) is 6.49. The Morgan fingerprint density at radius 2 is 1.40 bits per heavy atom. The zero-order valence-electron chi connectivity index (χ0n) is 10.7. The Labute approximate surface area is 94.2 Å². The fraction of sp³-hybridized carbons (Fsp3) is 0.571. The van der Waals surface area contributed by atoms with E-state index in [0.717, 1.165) is 0 Å².